The lowest BCUT2D eigenvalue weighted by atomic mass is 10.3. The van der Waals surface area contributed by atoms with E-state index in [-0.39, 0.29) is 5.69 Å². The minimum atomic E-state index is -1.62. The quantitative estimate of drug-likeness (QED) is 0.403. The molecule has 0 bridgehead atoms. The van der Waals surface area contributed by atoms with E-state index in [1.165, 1.54) is 18.0 Å². The molecule has 0 saturated heterocycles. The van der Waals surface area contributed by atoms with Gasteiger partial charge >= 0.3 is 0 Å². The fraction of sp³-hybridized carbons (Fsp3) is 0.0588. The number of nitrogens with one attached hydrogen (secondary N) is 2. The number of halogens is 3. The average molecular weight is 378 g/mol. The van der Waals surface area contributed by atoms with E-state index < -0.39 is 29.0 Å². The van der Waals surface area contributed by atoms with Gasteiger partial charge in [-0.05, 0) is 30.5 Å². The molecule has 9 heteroatoms. The van der Waals surface area contributed by atoms with Crippen molar-refractivity contribution in [2.24, 2.45) is 0 Å². The number of para-hydroxylation sites is 1. The Labute approximate surface area is 151 Å². The molecule has 5 nitrogen and oxygen atoms in total. The van der Waals surface area contributed by atoms with Crippen LogP contribution in [0.2, 0.25) is 0 Å². The Bertz CT molecular complexity index is 947. The first kappa shape index (κ1) is 17.9. The Kier molecular flexibility index (Phi) is 5.17. The van der Waals surface area contributed by atoms with Crippen LogP contribution in [-0.2, 0) is 0 Å². The third kappa shape index (κ3) is 3.38. The van der Waals surface area contributed by atoms with Gasteiger partial charge in [0.1, 0.15) is 5.69 Å². The van der Waals surface area contributed by atoms with Crippen molar-refractivity contribution in [1.82, 2.24) is 15.0 Å². The number of thioether (sulfide) groups is 1. The number of hydrazine groups is 1. The summed E-state index contributed by atoms with van der Waals surface area (Å²) in [5, 5.41) is 0.584. The molecular formula is C17H13F3N4OS. The van der Waals surface area contributed by atoms with Crippen molar-refractivity contribution >= 4 is 23.4 Å². The molecule has 0 radical (unpaired) electrons. The predicted molar refractivity (Wildman–Crippen MR) is 92.7 cm³/mol. The van der Waals surface area contributed by atoms with E-state index in [0.717, 1.165) is 17.8 Å². The monoisotopic (exact) mass is 378 g/mol. The van der Waals surface area contributed by atoms with E-state index in [4.69, 9.17) is 0 Å². The van der Waals surface area contributed by atoms with Gasteiger partial charge in [-0.1, -0.05) is 30.0 Å². The van der Waals surface area contributed by atoms with E-state index in [1.807, 2.05) is 24.5 Å². The molecule has 1 aromatic heterocycles. The average Bonchev–Trinajstić information content (AvgIpc) is 3.10. The van der Waals surface area contributed by atoms with Gasteiger partial charge in [0.2, 0.25) is 0 Å². The first-order valence-corrected chi connectivity index (χ1v) is 8.62. The van der Waals surface area contributed by atoms with Crippen LogP contribution in [0.15, 0.2) is 53.8 Å². The molecule has 0 fully saturated rings. The lowest BCUT2D eigenvalue weighted by Crippen LogP contribution is -2.31. The van der Waals surface area contributed by atoms with Crippen molar-refractivity contribution < 1.29 is 18.0 Å². The summed E-state index contributed by atoms with van der Waals surface area (Å²) >= 11 is 1.35. The first-order valence-electron chi connectivity index (χ1n) is 7.40. The van der Waals surface area contributed by atoms with Crippen LogP contribution in [0.1, 0.15) is 10.5 Å². The minimum absolute atomic E-state index is 0.191. The van der Waals surface area contributed by atoms with Crippen LogP contribution in [0.25, 0.3) is 5.69 Å². The maximum atomic E-state index is 13.7. The summed E-state index contributed by atoms with van der Waals surface area (Å²) in [7, 11) is 0. The molecule has 0 saturated carbocycles. The maximum absolute atomic E-state index is 13.7. The van der Waals surface area contributed by atoms with Crippen LogP contribution in [-0.4, -0.2) is 21.7 Å². The lowest BCUT2D eigenvalue weighted by molar-refractivity contribution is 0.0955. The van der Waals surface area contributed by atoms with Crippen LogP contribution in [0.3, 0.4) is 0 Å². The summed E-state index contributed by atoms with van der Waals surface area (Å²) in [4.78, 5) is 16.7. The molecule has 2 N–H and O–H groups in total. The highest BCUT2D eigenvalue weighted by Crippen LogP contribution is 2.22. The Morgan fingerprint density at radius 2 is 1.81 bits per heavy atom. The van der Waals surface area contributed by atoms with E-state index in [0.29, 0.717) is 5.16 Å². The number of aromatic nitrogens is 2. The second-order valence-corrected chi connectivity index (χ2v) is 5.88. The van der Waals surface area contributed by atoms with Crippen molar-refractivity contribution in [3.8, 4) is 5.69 Å². The number of imidazole rings is 1. The van der Waals surface area contributed by atoms with Crippen molar-refractivity contribution in [3.05, 3.63) is 71.8 Å². The van der Waals surface area contributed by atoms with Gasteiger partial charge in [-0.25, -0.2) is 18.2 Å². The van der Waals surface area contributed by atoms with Crippen LogP contribution in [0, 0.1) is 17.5 Å². The molecule has 0 spiro atoms. The zero-order valence-corrected chi connectivity index (χ0v) is 14.3. The van der Waals surface area contributed by atoms with Crippen molar-refractivity contribution in [2.75, 3.05) is 11.7 Å². The van der Waals surface area contributed by atoms with Crippen molar-refractivity contribution in [2.45, 2.75) is 5.16 Å². The zero-order valence-electron chi connectivity index (χ0n) is 13.5. The molecule has 134 valence electrons. The molecule has 0 atom stereocenters. The zero-order chi connectivity index (χ0) is 18.7. The van der Waals surface area contributed by atoms with Gasteiger partial charge in [-0.15, -0.1) is 0 Å². The van der Waals surface area contributed by atoms with Gasteiger partial charge in [0.15, 0.2) is 22.6 Å². The minimum Gasteiger partial charge on any atom is -0.295 e. The summed E-state index contributed by atoms with van der Waals surface area (Å²) in [6, 6.07) is 10.8. The number of carbonyl (C=O) groups is 1. The lowest BCUT2D eigenvalue weighted by Gasteiger charge is -2.13. The highest BCUT2D eigenvalue weighted by Gasteiger charge is 2.19. The third-order valence-corrected chi connectivity index (χ3v) is 4.16. The first-order chi connectivity index (χ1) is 12.5. The highest BCUT2D eigenvalue weighted by atomic mass is 32.2. The Morgan fingerprint density at radius 1 is 1.08 bits per heavy atom. The topological polar surface area (TPSA) is 59.0 Å². The van der Waals surface area contributed by atoms with Gasteiger partial charge in [-0.2, -0.15) is 0 Å². The molecule has 3 rings (SSSR count). The molecule has 0 unspecified atom stereocenters. The summed E-state index contributed by atoms with van der Waals surface area (Å²) in [5.41, 5.74) is 5.03. The molecule has 0 aliphatic carbocycles. The van der Waals surface area contributed by atoms with Crippen LogP contribution < -0.4 is 10.9 Å². The smallest absolute Gasteiger partial charge is 0.288 e. The number of nitrogens with zero attached hydrogens (tertiary/aromatic N) is 2. The van der Waals surface area contributed by atoms with Crippen LogP contribution >= 0.6 is 11.8 Å². The number of amides is 1. The fourth-order valence-corrected chi connectivity index (χ4v) is 2.82. The number of anilines is 1. The van der Waals surface area contributed by atoms with Gasteiger partial charge in [0.25, 0.3) is 5.91 Å². The Balaban J connectivity index is 1.85. The molecule has 26 heavy (non-hydrogen) atoms. The van der Waals surface area contributed by atoms with Gasteiger partial charge in [0.05, 0.1) is 11.9 Å². The standard InChI is InChI=1S/C17H13F3N4OS/c1-26-17-21-9-13(24(17)10-5-3-2-4-6-10)16(25)23-22-12-8-7-11(18)14(19)15(12)20/h2-9,22H,1H3,(H,23,25). The molecular weight excluding hydrogens is 365 g/mol. The van der Waals surface area contributed by atoms with Gasteiger partial charge in [0, 0.05) is 5.69 Å². The van der Waals surface area contributed by atoms with Crippen LogP contribution in [0.4, 0.5) is 18.9 Å². The van der Waals surface area contributed by atoms with E-state index in [2.05, 4.69) is 15.8 Å². The number of hydrogen-bond acceptors (Lipinski definition) is 4. The molecule has 1 amide bonds. The van der Waals surface area contributed by atoms with E-state index in [9.17, 15) is 18.0 Å². The molecule has 0 aliphatic rings. The summed E-state index contributed by atoms with van der Waals surface area (Å²) < 4.78 is 41.5. The summed E-state index contributed by atoms with van der Waals surface area (Å²) in [6.07, 6.45) is 3.19. The van der Waals surface area contributed by atoms with E-state index in [1.54, 1.807) is 16.7 Å². The van der Waals surface area contributed by atoms with Crippen LogP contribution in [0.5, 0.6) is 0 Å². The molecule has 0 aliphatic heterocycles. The number of hydrogen-bond donors (Lipinski definition) is 2. The second-order valence-electron chi connectivity index (χ2n) is 5.10. The van der Waals surface area contributed by atoms with Crippen molar-refractivity contribution in [3.63, 3.8) is 0 Å². The largest absolute Gasteiger partial charge is 0.295 e. The second kappa shape index (κ2) is 7.52. The summed E-state index contributed by atoms with van der Waals surface area (Å²) in [5.74, 6) is -4.98. The molecule has 1 heterocycles. The maximum Gasteiger partial charge on any atom is 0.288 e. The third-order valence-electron chi connectivity index (χ3n) is 3.50. The number of carbonyl (C=O) groups excluding carboxylic acids is 1. The van der Waals surface area contributed by atoms with Gasteiger partial charge < -0.3 is 0 Å². The number of rotatable bonds is 5. The fourth-order valence-electron chi connectivity index (χ4n) is 2.28. The highest BCUT2D eigenvalue weighted by molar-refractivity contribution is 7.98. The predicted octanol–water partition coefficient (Wildman–Crippen LogP) is 3.77. The molecule has 2 aromatic carbocycles. The summed E-state index contributed by atoms with van der Waals surface area (Å²) in [6.45, 7) is 0. The normalized spacial score (nSPS) is 10.6. The van der Waals surface area contributed by atoms with Gasteiger partial charge in [-0.3, -0.25) is 20.2 Å². The SMILES string of the molecule is CSc1ncc(C(=O)NNc2ccc(F)c(F)c2F)n1-c1ccccc1. The molecule has 3 aromatic rings. The van der Waals surface area contributed by atoms with E-state index >= 15 is 0 Å². The Hall–Kier alpha value is -2.94. The Morgan fingerprint density at radius 3 is 2.50 bits per heavy atom. The van der Waals surface area contributed by atoms with Crippen molar-refractivity contribution in [1.29, 1.82) is 0 Å². The number of benzene rings is 2.